The average molecular weight is 667 g/mol. The molecule has 0 fully saturated rings. The van der Waals surface area contributed by atoms with Crippen molar-refractivity contribution in [1.29, 1.82) is 0 Å². The molecular weight excluding hydrogens is 641 g/mol. The summed E-state index contributed by atoms with van der Waals surface area (Å²) in [5, 5.41) is 8.39. The lowest BCUT2D eigenvalue weighted by Gasteiger charge is -2.03. The number of benzene rings is 8. The lowest BCUT2D eigenvalue weighted by Crippen LogP contribution is -1.79. The first-order valence-electron chi connectivity index (χ1n) is 17.5. The summed E-state index contributed by atoms with van der Waals surface area (Å²) in [7, 11) is 0. The molecule has 0 bridgehead atoms. The Balaban J connectivity index is 0.980. The topological polar surface area (TPSA) is 52.6 Å². The third kappa shape index (κ3) is 4.03. The summed E-state index contributed by atoms with van der Waals surface area (Å²) >= 11 is 0. The van der Waals surface area contributed by atoms with E-state index in [9.17, 15) is 0 Å². The summed E-state index contributed by atoms with van der Waals surface area (Å²) in [5.41, 5.74) is 13.7. The van der Waals surface area contributed by atoms with Crippen molar-refractivity contribution < 1.29 is 17.7 Å². The number of rotatable bonds is 3. The molecule has 0 saturated heterocycles. The van der Waals surface area contributed by atoms with Crippen LogP contribution in [0.4, 0.5) is 0 Å². The Morgan fingerprint density at radius 2 is 0.442 bits per heavy atom. The fourth-order valence-corrected chi connectivity index (χ4v) is 8.07. The first-order chi connectivity index (χ1) is 25.7. The van der Waals surface area contributed by atoms with Gasteiger partial charge in [0.15, 0.2) is 0 Å². The van der Waals surface area contributed by atoms with Crippen LogP contribution in [0.2, 0.25) is 0 Å². The molecule has 4 heterocycles. The summed E-state index contributed by atoms with van der Waals surface area (Å²) in [4.78, 5) is 0. The highest BCUT2D eigenvalue weighted by Gasteiger charge is 2.18. The lowest BCUT2D eigenvalue weighted by molar-refractivity contribution is 0.662. The van der Waals surface area contributed by atoms with Gasteiger partial charge in [-0.3, -0.25) is 0 Å². The van der Waals surface area contributed by atoms with E-state index in [4.69, 9.17) is 17.7 Å². The molecule has 8 aromatic carbocycles. The van der Waals surface area contributed by atoms with E-state index in [1.165, 1.54) is 16.7 Å². The quantitative estimate of drug-likeness (QED) is 0.188. The van der Waals surface area contributed by atoms with Gasteiger partial charge in [0.1, 0.15) is 44.7 Å². The third-order valence-corrected chi connectivity index (χ3v) is 10.7. The van der Waals surface area contributed by atoms with Crippen LogP contribution in [0.5, 0.6) is 0 Å². The van der Waals surface area contributed by atoms with Gasteiger partial charge in [-0.1, -0.05) is 84.9 Å². The highest BCUT2D eigenvalue weighted by Crippen LogP contribution is 2.42. The van der Waals surface area contributed by atoms with Crippen LogP contribution in [0.25, 0.3) is 121 Å². The van der Waals surface area contributed by atoms with Gasteiger partial charge in [-0.15, -0.1) is 0 Å². The molecule has 0 N–H and O–H groups in total. The number of hydrogen-bond acceptors (Lipinski definition) is 4. The maximum Gasteiger partial charge on any atom is 0.136 e. The van der Waals surface area contributed by atoms with Crippen LogP contribution in [0.1, 0.15) is 0 Å². The Kier molecular flexibility index (Phi) is 5.47. The Morgan fingerprint density at radius 3 is 0.769 bits per heavy atom. The van der Waals surface area contributed by atoms with Crippen molar-refractivity contribution in [3.8, 4) is 33.4 Å². The van der Waals surface area contributed by atoms with Gasteiger partial charge in [-0.2, -0.15) is 0 Å². The molecule has 52 heavy (non-hydrogen) atoms. The molecule has 0 aliphatic heterocycles. The van der Waals surface area contributed by atoms with E-state index in [1.54, 1.807) is 0 Å². The van der Waals surface area contributed by atoms with Crippen molar-refractivity contribution in [3.05, 3.63) is 158 Å². The van der Waals surface area contributed by atoms with E-state index >= 15 is 0 Å². The highest BCUT2D eigenvalue weighted by molar-refractivity contribution is 6.19. The molecule has 0 radical (unpaired) electrons. The largest absolute Gasteiger partial charge is 0.456 e. The monoisotopic (exact) mass is 666 g/mol. The highest BCUT2D eigenvalue weighted by atomic mass is 16.3. The molecule has 0 aliphatic rings. The second-order valence-corrected chi connectivity index (χ2v) is 13.7. The predicted octanol–water partition coefficient (Wildman–Crippen LogP) is 14.3. The molecular formula is C48H26O4. The van der Waals surface area contributed by atoms with Crippen LogP contribution >= 0.6 is 0 Å². The van der Waals surface area contributed by atoms with E-state index in [0.29, 0.717) is 0 Å². The van der Waals surface area contributed by atoms with E-state index in [1.807, 2.05) is 12.1 Å². The maximum atomic E-state index is 6.56. The molecule has 0 spiro atoms. The van der Waals surface area contributed by atoms with E-state index in [-0.39, 0.29) is 0 Å². The Hall–Kier alpha value is -7.04. The van der Waals surface area contributed by atoms with Crippen molar-refractivity contribution in [2.24, 2.45) is 0 Å². The molecule has 0 saturated carbocycles. The minimum absolute atomic E-state index is 0.818. The molecule has 0 aliphatic carbocycles. The second kappa shape index (κ2) is 10.3. The van der Waals surface area contributed by atoms with Crippen LogP contribution in [-0.2, 0) is 0 Å². The maximum absolute atomic E-state index is 6.56. The zero-order chi connectivity index (χ0) is 33.9. The molecule has 4 aromatic heterocycles. The van der Waals surface area contributed by atoms with Gasteiger partial charge < -0.3 is 17.7 Å². The summed E-state index contributed by atoms with van der Waals surface area (Å²) in [5.74, 6) is 0. The van der Waals surface area contributed by atoms with Crippen LogP contribution in [0.3, 0.4) is 0 Å². The van der Waals surface area contributed by atoms with Gasteiger partial charge in [-0.25, -0.2) is 0 Å². The number of hydrogen-bond donors (Lipinski definition) is 0. The first-order valence-corrected chi connectivity index (χ1v) is 17.5. The summed E-state index contributed by atoms with van der Waals surface area (Å²) in [6.45, 7) is 0. The van der Waals surface area contributed by atoms with Crippen LogP contribution in [0, 0.1) is 0 Å². The van der Waals surface area contributed by atoms with Gasteiger partial charge in [0, 0.05) is 43.1 Å². The SMILES string of the molecule is c1ccc(-c2ccc3oc4ccc(-c5ccc6oc7cc8c(cc7c6c5)oc5cc6c(cc58)oc5ccc(-c7ccccc7)cc56)cc4c3c2)cc1. The van der Waals surface area contributed by atoms with E-state index < -0.39 is 0 Å². The number of furan rings is 4. The van der Waals surface area contributed by atoms with Gasteiger partial charge in [0.05, 0.1) is 0 Å². The lowest BCUT2D eigenvalue weighted by atomic mass is 9.99. The Bertz CT molecular complexity index is 3390. The normalized spacial score (nSPS) is 12.2. The summed E-state index contributed by atoms with van der Waals surface area (Å²) < 4.78 is 25.6. The molecule has 242 valence electrons. The van der Waals surface area contributed by atoms with Crippen molar-refractivity contribution in [1.82, 2.24) is 0 Å². The molecule has 12 aromatic rings. The third-order valence-electron chi connectivity index (χ3n) is 10.7. The Morgan fingerprint density at radius 1 is 0.192 bits per heavy atom. The summed E-state index contributed by atoms with van der Waals surface area (Å²) in [6.07, 6.45) is 0. The first kappa shape index (κ1) is 27.7. The number of fused-ring (bicyclic) bond motifs is 12. The van der Waals surface area contributed by atoms with Gasteiger partial charge in [-0.05, 0) is 106 Å². The van der Waals surface area contributed by atoms with Gasteiger partial charge >= 0.3 is 0 Å². The van der Waals surface area contributed by atoms with Crippen LogP contribution in [-0.4, -0.2) is 0 Å². The minimum Gasteiger partial charge on any atom is -0.456 e. The van der Waals surface area contributed by atoms with Crippen molar-refractivity contribution in [2.75, 3.05) is 0 Å². The standard InChI is InChI=1S/C48H26O4/c1-3-7-27(8-4-1)29-11-15-41-33(19-29)34-21-31(13-17-42(34)49-41)32-14-18-44-36(22-32)38-24-48-40(26-46(38)51-44)39-25-45-37(23-47(39)52-48)35-20-30(12-16-43(35)50-45)28-9-5-2-6-10-28/h1-26H. The zero-order valence-electron chi connectivity index (χ0n) is 27.6. The predicted molar refractivity (Wildman–Crippen MR) is 212 cm³/mol. The second-order valence-electron chi connectivity index (χ2n) is 13.7. The zero-order valence-corrected chi connectivity index (χ0v) is 27.6. The van der Waals surface area contributed by atoms with E-state index in [2.05, 4.69) is 146 Å². The molecule has 0 amide bonds. The van der Waals surface area contributed by atoms with Crippen molar-refractivity contribution >= 4 is 87.8 Å². The van der Waals surface area contributed by atoms with Crippen molar-refractivity contribution in [2.45, 2.75) is 0 Å². The minimum atomic E-state index is 0.818. The molecule has 12 rings (SSSR count). The van der Waals surface area contributed by atoms with Crippen LogP contribution < -0.4 is 0 Å². The van der Waals surface area contributed by atoms with Crippen LogP contribution in [0.15, 0.2) is 175 Å². The molecule has 0 atom stereocenters. The Labute approximate surface area is 295 Å². The fourth-order valence-electron chi connectivity index (χ4n) is 8.07. The van der Waals surface area contributed by atoms with Gasteiger partial charge in [0.2, 0.25) is 0 Å². The molecule has 4 heteroatoms. The summed E-state index contributed by atoms with van der Waals surface area (Å²) in [6, 6.07) is 55.0. The molecule has 0 unspecified atom stereocenters. The van der Waals surface area contributed by atoms with Gasteiger partial charge in [0.25, 0.3) is 0 Å². The van der Waals surface area contributed by atoms with E-state index in [0.717, 1.165) is 104 Å². The smallest absolute Gasteiger partial charge is 0.136 e. The average Bonchev–Trinajstić information content (AvgIpc) is 3.95. The fraction of sp³-hybridized carbons (Fsp3) is 0. The molecule has 4 nitrogen and oxygen atoms in total. The van der Waals surface area contributed by atoms with Crippen molar-refractivity contribution in [3.63, 3.8) is 0 Å².